The van der Waals surface area contributed by atoms with Gasteiger partial charge in [0.2, 0.25) is 5.88 Å². The number of hydrazine groups is 1. The van der Waals surface area contributed by atoms with Gasteiger partial charge in [-0.1, -0.05) is 19.1 Å². The molecule has 0 aromatic rings. The van der Waals surface area contributed by atoms with Crippen LogP contribution in [-0.4, -0.2) is 43.2 Å². The number of allylic oxidation sites excluding steroid dienone is 2. The fourth-order valence-corrected chi connectivity index (χ4v) is 2.02. The molecule has 1 saturated heterocycles. The summed E-state index contributed by atoms with van der Waals surface area (Å²) in [5.74, 6) is 6.30. The summed E-state index contributed by atoms with van der Waals surface area (Å²) in [6.07, 6.45) is 8.58. The Morgan fingerprint density at radius 3 is 2.71 bits per heavy atom. The Kier molecular flexibility index (Phi) is 6.74. The highest BCUT2D eigenvalue weighted by molar-refractivity contribution is 5.02. The SMILES string of the molecule is C=C/C=C(/OCCCN1CCCCC1)N(C)N. The van der Waals surface area contributed by atoms with E-state index >= 15 is 0 Å². The van der Waals surface area contributed by atoms with E-state index in [1.807, 2.05) is 0 Å². The van der Waals surface area contributed by atoms with Gasteiger partial charge < -0.3 is 9.64 Å². The highest BCUT2D eigenvalue weighted by atomic mass is 16.5. The minimum atomic E-state index is 0.665. The van der Waals surface area contributed by atoms with Crippen LogP contribution >= 0.6 is 0 Å². The largest absolute Gasteiger partial charge is 0.478 e. The van der Waals surface area contributed by atoms with E-state index in [4.69, 9.17) is 10.6 Å². The Bertz CT molecular complexity index is 245. The predicted octanol–water partition coefficient (Wildman–Crippen LogP) is 1.71. The number of likely N-dealkylation sites (tertiary alicyclic amines) is 1. The molecule has 98 valence electrons. The lowest BCUT2D eigenvalue weighted by Gasteiger charge is -2.26. The molecule has 17 heavy (non-hydrogen) atoms. The molecule has 4 nitrogen and oxygen atoms in total. The molecule has 0 aromatic carbocycles. The number of ether oxygens (including phenoxy) is 1. The van der Waals surface area contributed by atoms with Gasteiger partial charge in [-0.05, 0) is 38.4 Å². The quantitative estimate of drug-likeness (QED) is 0.241. The van der Waals surface area contributed by atoms with Crippen LogP contribution in [0.5, 0.6) is 0 Å². The van der Waals surface area contributed by atoms with Gasteiger partial charge >= 0.3 is 0 Å². The standard InChI is InChI=1S/C13H25N3O/c1-3-8-13(15(2)14)17-12-7-11-16-9-5-4-6-10-16/h3,8H,1,4-7,9-12,14H2,2H3/b13-8+. The van der Waals surface area contributed by atoms with Crippen LogP contribution in [0.4, 0.5) is 0 Å². The number of hydrogen-bond acceptors (Lipinski definition) is 4. The van der Waals surface area contributed by atoms with Gasteiger partial charge in [-0.2, -0.15) is 0 Å². The lowest BCUT2D eigenvalue weighted by molar-refractivity contribution is 0.114. The first-order valence-electron chi connectivity index (χ1n) is 6.40. The van der Waals surface area contributed by atoms with Gasteiger partial charge in [-0.25, -0.2) is 5.84 Å². The zero-order chi connectivity index (χ0) is 12.5. The van der Waals surface area contributed by atoms with Crippen LogP contribution in [0.3, 0.4) is 0 Å². The van der Waals surface area contributed by atoms with Gasteiger partial charge in [0.25, 0.3) is 0 Å². The maximum absolute atomic E-state index is 5.63. The predicted molar refractivity (Wildman–Crippen MR) is 71.1 cm³/mol. The summed E-state index contributed by atoms with van der Waals surface area (Å²) in [5, 5.41) is 1.47. The molecule has 4 heteroatoms. The Morgan fingerprint density at radius 2 is 2.12 bits per heavy atom. The van der Waals surface area contributed by atoms with Crippen molar-refractivity contribution in [3.63, 3.8) is 0 Å². The topological polar surface area (TPSA) is 41.7 Å². The van der Waals surface area contributed by atoms with Crippen molar-refractivity contribution in [3.05, 3.63) is 24.6 Å². The van der Waals surface area contributed by atoms with Crippen molar-refractivity contribution in [3.8, 4) is 0 Å². The van der Waals surface area contributed by atoms with Gasteiger partial charge in [-0.3, -0.25) is 5.01 Å². The number of nitrogens with two attached hydrogens (primary N) is 1. The molecule has 0 aromatic heterocycles. The van der Waals surface area contributed by atoms with Crippen LogP contribution < -0.4 is 5.84 Å². The summed E-state index contributed by atoms with van der Waals surface area (Å²) in [5.41, 5.74) is 0. The summed E-state index contributed by atoms with van der Waals surface area (Å²) in [4.78, 5) is 2.51. The van der Waals surface area contributed by atoms with Gasteiger partial charge in [0.15, 0.2) is 0 Å². The van der Waals surface area contributed by atoms with Crippen molar-refractivity contribution < 1.29 is 4.74 Å². The van der Waals surface area contributed by atoms with Crippen LogP contribution in [0.15, 0.2) is 24.6 Å². The lowest BCUT2D eigenvalue weighted by Crippen LogP contribution is -2.31. The summed E-state index contributed by atoms with van der Waals surface area (Å²) < 4.78 is 5.60. The van der Waals surface area contributed by atoms with Crippen molar-refractivity contribution in [1.82, 2.24) is 9.91 Å². The molecular formula is C13H25N3O. The summed E-state index contributed by atoms with van der Waals surface area (Å²) in [6.45, 7) is 7.95. The van der Waals surface area contributed by atoms with E-state index in [1.165, 1.54) is 37.4 Å². The minimum absolute atomic E-state index is 0.665. The molecule has 0 aliphatic carbocycles. The molecule has 0 radical (unpaired) electrons. The third-order valence-electron chi connectivity index (χ3n) is 2.93. The summed E-state index contributed by atoms with van der Waals surface area (Å²) >= 11 is 0. The van der Waals surface area contributed by atoms with E-state index in [2.05, 4.69) is 11.5 Å². The van der Waals surface area contributed by atoms with E-state index in [1.54, 1.807) is 19.2 Å². The van der Waals surface area contributed by atoms with Gasteiger partial charge in [0.05, 0.1) is 6.61 Å². The second-order valence-corrected chi connectivity index (χ2v) is 4.46. The van der Waals surface area contributed by atoms with E-state index in [9.17, 15) is 0 Å². The normalized spacial score (nSPS) is 17.9. The lowest BCUT2D eigenvalue weighted by atomic mass is 10.1. The average molecular weight is 239 g/mol. The third kappa shape index (κ3) is 5.75. The molecule has 0 atom stereocenters. The average Bonchev–Trinajstić information content (AvgIpc) is 2.34. The van der Waals surface area contributed by atoms with Crippen molar-refractivity contribution in [1.29, 1.82) is 0 Å². The van der Waals surface area contributed by atoms with E-state index in [0.29, 0.717) is 12.5 Å². The van der Waals surface area contributed by atoms with Crippen LogP contribution in [0, 0.1) is 0 Å². The maximum Gasteiger partial charge on any atom is 0.203 e. The molecule has 1 aliphatic heterocycles. The van der Waals surface area contributed by atoms with Crippen LogP contribution in [0.2, 0.25) is 0 Å². The molecule has 0 bridgehead atoms. The Balaban J connectivity index is 2.13. The fourth-order valence-electron chi connectivity index (χ4n) is 2.02. The summed E-state index contributed by atoms with van der Waals surface area (Å²) in [6, 6.07) is 0. The van der Waals surface area contributed by atoms with Gasteiger partial charge in [0, 0.05) is 13.6 Å². The van der Waals surface area contributed by atoms with Crippen molar-refractivity contribution in [2.24, 2.45) is 5.84 Å². The highest BCUT2D eigenvalue weighted by Crippen LogP contribution is 2.09. The smallest absolute Gasteiger partial charge is 0.203 e. The molecule has 1 rings (SSSR count). The Morgan fingerprint density at radius 1 is 1.41 bits per heavy atom. The second-order valence-electron chi connectivity index (χ2n) is 4.46. The molecule has 1 aliphatic rings. The number of piperidine rings is 1. The number of rotatable bonds is 7. The van der Waals surface area contributed by atoms with E-state index in [-0.39, 0.29) is 0 Å². The Labute approximate surface area is 105 Å². The molecule has 0 unspecified atom stereocenters. The van der Waals surface area contributed by atoms with Crippen molar-refractivity contribution >= 4 is 0 Å². The monoisotopic (exact) mass is 239 g/mol. The highest BCUT2D eigenvalue weighted by Gasteiger charge is 2.09. The van der Waals surface area contributed by atoms with Gasteiger partial charge in [0.1, 0.15) is 0 Å². The van der Waals surface area contributed by atoms with E-state index in [0.717, 1.165) is 13.0 Å². The zero-order valence-electron chi connectivity index (χ0n) is 10.9. The first-order valence-corrected chi connectivity index (χ1v) is 6.40. The van der Waals surface area contributed by atoms with Crippen molar-refractivity contribution in [2.45, 2.75) is 25.7 Å². The second kappa shape index (κ2) is 8.14. The molecule has 2 N–H and O–H groups in total. The molecule has 1 fully saturated rings. The zero-order valence-corrected chi connectivity index (χ0v) is 10.9. The van der Waals surface area contributed by atoms with Crippen molar-refractivity contribution in [2.75, 3.05) is 33.3 Å². The molecular weight excluding hydrogens is 214 g/mol. The number of nitrogens with zero attached hydrogens (tertiary/aromatic N) is 2. The molecule has 0 amide bonds. The molecule has 0 saturated carbocycles. The molecule has 1 heterocycles. The Hall–Kier alpha value is -1.00. The summed E-state index contributed by atoms with van der Waals surface area (Å²) in [7, 11) is 1.76. The van der Waals surface area contributed by atoms with E-state index < -0.39 is 0 Å². The van der Waals surface area contributed by atoms with Gasteiger partial charge in [-0.15, -0.1) is 0 Å². The maximum atomic E-state index is 5.63. The third-order valence-corrected chi connectivity index (χ3v) is 2.93. The first kappa shape index (κ1) is 14.1. The first-order chi connectivity index (χ1) is 8.24. The number of hydrogen-bond donors (Lipinski definition) is 1. The van der Waals surface area contributed by atoms with Crippen LogP contribution in [0.25, 0.3) is 0 Å². The fraction of sp³-hybridized carbons (Fsp3) is 0.692. The molecule has 0 spiro atoms. The van der Waals surface area contributed by atoms with Crippen LogP contribution in [-0.2, 0) is 4.74 Å². The van der Waals surface area contributed by atoms with Crippen LogP contribution in [0.1, 0.15) is 25.7 Å². The minimum Gasteiger partial charge on any atom is -0.478 e.